The first-order chi connectivity index (χ1) is 18.6. The maximum absolute atomic E-state index is 13.6. The number of ketones is 1. The number of ether oxygens (including phenoxy) is 2. The van der Waals surface area contributed by atoms with Crippen LogP contribution in [0.4, 0.5) is 0 Å². The first kappa shape index (κ1) is 26.8. The number of phenolic OH excluding ortho intramolecular Hbond substituents is 2. The van der Waals surface area contributed by atoms with Gasteiger partial charge < -0.3 is 24.8 Å². The van der Waals surface area contributed by atoms with E-state index in [1.165, 1.54) is 55.5 Å². The number of rotatable bonds is 8. The fourth-order valence-corrected chi connectivity index (χ4v) is 3.86. The van der Waals surface area contributed by atoms with Gasteiger partial charge >= 0.3 is 11.9 Å². The maximum atomic E-state index is 13.6. The molecule has 0 spiro atoms. The Bertz CT molecular complexity index is 1570. The molecule has 3 N–H and O–H groups in total. The van der Waals surface area contributed by atoms with Crippen molar-refractivity contribution in [2.45, 2.75) is 12.5 Å². The maximum Gasteiger partial charge on any atom is 0.353 e. The Balaban J connectivity index is 1.71. The highest BCUT2D eigenvalue weighted by molar-refractivity contribution is 6.12. The molecule has 0 saturated heterocycles. The zero-order valence-corrected chi connectivity index (χ0v) is 20.8. The minimum atomic E-state index is -2.44. The van der Waals surface area contributed by atoms with Crippen LogP contribution in [0.3, 0.4) is 0 Å². The molecule has 0 aliphatic carbocycles. The minimum Gasteiger partial charge on any atom is -0.507 e. The van der Waals surface area contributed by atoms with Crippen molar-refractivity contribution in [2.75, 3.05) is 0 Å². The van der Waals surface area contributed by atoms with Gasteiger partial charge in [-0.25, -0.2) is 9.59 Å². The van der Waals surface area contributed by atoms with Gasteiger partial charge in [0.15, 0.2) is 5.78 Å². The van der Waals surface area contributed by atoms with E-state index in [1.54, 1.807) is 42.5 Å². The van der Waals surface area contributed by atoms with E-state index in [2.05, 4.69) is 6.58 Å². The fraction of sp³-hybridized carbons (Fsp3) is 0.0645. The number of para-hydroxylation sites is 2. The second kappa shape index (κ2) is 11.0. The molecule has 4 aromatic carbocycles. The van der Waals surface area contributed by atoms with E-state index < -0.39 is 29.1 Å². The van der Waals surface area contributed by atoms with Crippen molar-refractivity contribution in [1.82, 2.24) is 0 Å². The lowest BCUT2D eigenvalue weighted by molar-refractivity contribution is -0.152. The van der Waals surface area contributed by atoms with Crippen molar-refractivity contribution in [1.29, 1.82) is 0 Å². The predicted molar refractivity (Wildman–Crippen MR) is 142 cm³/mol. The van der Waals surface area contributed by atoms with Gasteiger partial charge in [0, 0.05) is 17.2 Å². The second-order valence-corrected chi connectivity index (χ2v) is 8.66. The molecule has 0 saturated carbocycles. The first-order valence-electron chi connectivity index (χ1n) is 11.8. The van der Waals surface area contributed by atoms with E-state index in [0.717, 1.165) is 6.07 Å². The molecule has 0 amide bonds. The van der Waals surface area contributed by atoms with Gasteiger partial charge in [0.1, 0.15) is 23.0 Å². The molecule has 0 bridgehead atoms. The Kier molecular flexibility index (Phi) is 7.60. The molecule has 0 aliphatic heterocycles. The van der Waals surface area contributed by atoms with Crippen LogP contribution < -0.4 is 9.47 Å². The average Bonchev–Trinajstić information content (AvgIpc) is 2.93. The van der Waals surface area contributed by atoms with E-state index >= 15 is 0 Å². The van der Waals surface area contributed by atoms with E-state index in [-0.39, 0.29) is 45.1 Å². The normalized spacial score (nSPS) is 12.2. The Hall–Kier alpha value is -5.21. The summed E-state index contributed by atoms with van der Waals surface area (Å²) in [7, 11) is 0. The third-order valence-corrected chi connectivity index (χ3v) is 5.89. The first-order valence-corrected chi connectivity index (χ1v) is 11.8. The molecule has 0 aliphatic rings. The van der Waals surface area contributed by atoms with E-state index in [1.807, 2.05) is 0 Å². The number of aliphatic hydroxyl groups is 1. The topological polar surface area (TPSA) is 130 Å². The fourth-order valence-electron chi connectivity index (χ4n) is 3.86. The number of benzene rings is 4. The smallest absolute Gasteiger partial charge is 0.353 e. The van der Waals surface area contributed by atoms with Crippen molar-refractivity contribution in [3.8, 4) is 23.0 Å². The van der Waals surface area contributed by atoms with Crippen LogP contribution in [-0.4, -0.2) is 33.0 Å². The van der Waals surface area contributed by atoms with Gasteiger partial charge in [0.2, 0.25) is 5.60 Å². The number of hydrogen-bond donors (Lipinski definition) is 3. The van der Waals surface area contributed by atoms with E-state index in [0.29, 0.717) is 0 Å². The van der Waals surface area contributed by atoms with Crippen molar-refractivity contribution in [3.05, 3.63) is 131 Å². The average molecular weight is 525 g/mol. The van der Waals surface area contributed by atoms with Crippen molar-refractivity contribution >= 4 is 17.7 Å². The molecule has 8 nitrogen and oxygen atoms in total. The van der Waals surface area contributed by atoms with Crippen LogP contribution >= 0.6 is 0 Å². The summed E-state index contributed by atoms with van der Waals surface area (Å²) in [5.74, 6) is -3.56. The van der Waals surface area contributed by atoms with Gasteiger partial charge in [0.05, 0.1) is 11.1 Å². The summed E-state index contributed by atoms with van der Waals surface area (Å²) in [6.07, 6.45) is 0. The van der Waals surface area contributed by atoms with Gasteiger partial charge in [0.25, 0.3) is 0 Å². The zero-order chi connectivity index (χ0) is 28.2. The molecule has 1 atom stereocenters. The lowest BCUT2D eigenvalue weighted by Gasteiger charge is -2.28. The van der Waals surface area contributed by atoms with Crippen LogP contribution in [0.2, 0.25) is 0 Å². The van der Waals surface area contributed by atoms with Gasteiger partial charge in [-0.05, 0) is 42.8 Å². The zero-order valence-electron chi connectivity index (χ0n) is 20.8. The lowest BCUT2D eigenvalue weighted by atomic mass is 9.85. The molecule has 196 valence electrons. The summed E-state index contributed by atoms with van der Waals surface area (Å²) in [6, 6.07) is 23.3. The third-order valence-electron chi connectivity index (χ3n) is 5.89. The second-order valence-electron chi connectivity index (χ2n) is 8.66. The summed E-state index contributed by atoms with van der Waals surface area (Å²) in [5.41, 5.74) is -2.41. The summed E-state index contributed by atoms with van der Waals surface area (Å²) in [4.78, 5) is 38.6. The number of carbonyl (C=O) groups is 3. The van der Waals surface area contributed by atoms with Crippen LogP contribution in [0.15, 0.2) is 109 Å². The molecule has 39 heavy (non-hydrogen) atoms. The molecular weight excluding hydrogens is 500 g/mol. The highest BCUT2D eigenvalue weighted by Crippen LogP contribution is 2.38. The summed E-state index contributed by atoms with van der Waals surface area (Å²) in [6.45, 7) is 5.01. The highest BCUT2D eigenvalue weighted by atomic mass is 16.6. The lowest BCUT2D eigenvalue weighted by Crippen LogP contribution is -2.40. The molecule has 8 heteroatoms. The van der Waals surface area contributed by atoms with Crippen LogP contribution in [0.1, 0.15) is 34.0 Å². The molecule has 0 radical (unpaired) electrons. The highest BCUT2D eigenvalue weighted by Gasteiger charge is 2.44. The minimum absolute atomic E-state index is 0.0167. The summed E-state index contributed by atoms with van der Waals surface area (Å²) >= 11 is 0. The number of carbonyl (C=O) groups excluding carboxylic acids is 3. The molecule has 0 fully saturated rings. The Labute approximate surface area is 224 Å². The quantitative estimate of drug-likeness (QED) is 0.131. The van der Waals surface area contributed by atoms with Gasteiger partial charge in [-0.2, -0.15) is 0 Å². The van der Waals surface area contributed by atoms with Crippen LogP contribution in [0.25, 0.3) is 0 Å². The monoisotopic (exact) mass is 524 g/mol. The van der Waals surface area contributed by atoms with Gasteiger partial charge in [-0.3, -0.25) is 4.79 Å². The standard InChI is InChI=1S/C31H24O8/c1-19(2)29(35)39-27-15-9-7-13-24(27)31(37,20-10-4-3-5-11-20)30(36)38-21-16-17-23(26(33)18-21)28(34)22-12-6-8-14-25(22)32/h3-18,32-33,37H,1H2,2H3. The van der Waals surface area contributed by atoms with E-state index in [4.69, 9.17) is 9.47 Å². The number of aromatic hydroxyl groups is 2. The Morgan fingerprint density at radius 3 is 2.03 bits per heavy atom. The molecular formula is C31H24O8. The number of esters is 2. The van der Waals surface area contributed by atoms with Crippen molar-refractivity contribution in [2.24, 2.45) is 0 Å². The van der Waals surface area contributed by atoms with Crippen LogP contribution in [0, 0.1) is 0 Å². The van der Waals surface area contributed by atoms with Crippen molar-refractivity contribution < 1.29 is 39.2 Å². The van der Waals surface area contributed by atoms with Gasteiger partial charge in [-0.1, -0.05) is 67.2 Å². The van der Waals surface area contributed by atoms with E-state index in [9.17, 15) is 29.7 Å². The van der Waals surface area contributed by atoms with Crippen molar-refractivity contribution in [3.63, 3.8) is 0 Å². The molecule has 0 aromatic heterocycles. The molecule has 4 rings (SSSR count). The molecule has 0 heterocycles. The Morgan fingerprint density at radius 1 is 0.744 bits per heavy atom. The van der Waals surface area contributed by atoms with Crippen LogP contribution in [-0.2, 0) is 15.2 Å². The van der Waals surface area contributed by atoms with Crippen LogP contribution in [0.5, 0.6) is 23.0 Å². The Morgan fingerprint density at radius 2 is 1.36 bits per heavy atom. The van der Waals surface area contributed by atoms with Gasteiger partial charge in [-0.15, -0.1) is 0 Å². The number of hydrogen-bond acceptors (Lipinski definition) is 8. The largest absolute Gasteiger partial charge is 0.507 e. The summed E-state index contributed by atoms with van der Waals surface area (Å²) in [5, 5.41) is 32.4. The predicted octanol–water partition coefficient (Wildman–Crippen LogP) is 4.65. The molecule has 4 aromatic rings. The molecule has 1 unspecified atom stereocenters. The summed E-state index contributed by atoms with van der Waals surface area (Å²) < 4.78 is 10.9. The SMILES string of the molecule is C=C(C)C(=O)Oc1ccccc1C(O)(C(=O)Oc1ccc(C(=O)c2ccccc2O)c(O)c1)c1ccccc1. The number of phenols is 2. The third kappa shape index (κ3) is 5.41.